The summed E-state index contributed by atoms with van der Waals surface area (Å²) in [4.78, 5) is 13.2. The highest BCUT2D eigenvalue weighted by atomic mass is 32.2. The first-order valence-corrected chi connectivity index (χ1v) is 11.5. The third kappa shape index (κ3) is 4.93. The van der Waals surface area contributed by atoms with Crippen molar-refractivity contribution >= 4 is 27.3 Å². The van der Waals surface area contributed by atoms with Crippen molar-refractivity contribution in [2.75, 3.05) is 15.9 Å². The molecule has 5 nitrogen and oxygen atoms in total. The number of para-hydroxylation sites is 1. The van der Waals surface area contributed by atoms with Crippen LogP contribution in [0.15, 0.2) is 42.5 Å². The van der Waals surface area contributed by atoms with E-state index in [0.29, 0.717) is 12.1 Å². The Labute approximate surface area is 168 Å². The van der Waals surface area contributed by atoms with Gasteiger partial charge in [-0.25, -0.2) is 8.42 Å². The van der Waals surface area contributed by atoms with Crippen LogP contribution in [0.25, 0.3) is 0 Å². The zero-order chi connectivity index (χ0) is 20.9. The maximum absolute atomic E-state index is 13.2. The van der Waals surface area contributed by atoms with Gasteiger partial charge < -0.3 is 5.32 Å². The Kier molecular flexibility index (Phi) is 7.24. The number of carbonyl (C=O) groups is 1. The van der Waals surface area contributed by atoms with Crippen LogP contribution in [-0.2, 0) is 27.7 Å². The number of rotatable bonds is 8. The number of sulfonamides is 1. The normalized spacial score (nSPS) is 12.5. The fraction of sp³-hybridized carbons (Fsp3) is 0.409. The molecule has 0 aliphatic rings. The van der Waals surface area contributed by atoms with Gasteiger partial charge in [0, 0.05) is 5.69 Å². The second-order valence-corrected chi connectivity index (χ2v) is 8.83. The molecule has 6 heteroatoms. The molecular weight excluding hydrogens is 372 g/mol. The minimum absolute atomic E-state index is 0.316. The highest BCUT2D eigenvalue weighted by molar-refractivity contribution is 7.92. The quantitative estimate of drug-likeness (QED) is 0.716. The average Bonchev–Trinajstić information content (AvgIpc) is 2.66. The molecule has 0 saturated heterocycles. The Morgan fingerprint density at radius 3 is 1.96 bits per heavy atom. The summed E-state index contributed by atoms with van der Waals surface area (Å²) in [6.07, 6.45) is 3.07. The van der Waals surface area contributed by atoms with Crippen LogP contribution in [0.1, 0.15) is 43.9 Å². The van der Waals surface area contributed by atoms with Gasteiger partial charge in [-0.1, -0.05) is 56.7 Å². The lowest BCUT2D eigenvalue weighted by Crippen LogP contribution is -2.47. The van der Waals surface area contributed by atoms with Crippen molar-refractivity contribution in [3.05, 3.63) is 59.2 Å². The van der Waals surface area contributed by atoms with Crippen LogP contribution in [0.5, 0.6) is 0 Å². The van der Waals surface area contributed by atoms with Crippen LogP contribution in [0.4, 0.5) is 11.4 Å². The van der Waals surface area contributed by atoms with Gasteiger partial charge in [0.25, 0.3) is 0 Å². The summed E-state index contributed by atoms with van der Waals surface area (Å²) in [5.74, 6) is -0.316. The second-order valence-electron chi connectivity index (χ2n) is 6.97. The van der Waals surface area contributed by atoms with E-state index in [1.165, 1.54) is 4.31 Å². The molecule has 1 N–H and O–H groups in total. The van der Waals surface area contributed by atoms with Crippen molar-refractivity contribution < 1.29 is 13.2 Å². The largest absolute Gasteiger partial charge is 0.324 e. The maximum atomic E-state index is 13.2. The molecule has 0 spiro atoms. The van der Waals surface area contributed by atoms with E-state index in [-0.39, 0.29) is 5.91 Å². The van der Waals surface area contributed by atoms with E-state index in [9.17, 15) is 13.2 Å². The van der Waals surface area contributed by atoms with Gasteiger partial charge in [-0.15, -0.1) is 0 Å². The number of aryl methyl sites for hydroxylation is 3. The van der Waals surface area contributed by atoms with Crippen molar-refractivity contribution in [2.24, 2.45) is 0 Å². The number of hydrogen-bond acceptors (Lipinski definition) is 3. The van der Waals surface area contributed by atoms with Crippen molar-refractivity contribution in [2.45, 2.75) is 53.0 Å². The number of anilines is 2. The average molecular weight is 403 g/mol. The number of nitrogens with zero attached hydrogens (tertiary/aromatic N) is 1. The van der Waals surface area contributed by atoms with Gasteiger partial charge >= 0.3 is 0 Å². The third-order valence-electron chi connectivity index (χ3n) is 4.87. The van der Waals surface area contributed by atoms with Gasteiger partial charge in [0.1, 0.15) is 6.04 Å². The summed E-state index contributed by atoms with van der Waals surface area (Å²) in [5.41, 5.74) is 4.41. The molecule has 2 aromatic rings. The van der Waals surface area contributed by atoms with E-state index in [0.717, 1.165) is 41.5 Å². The van der Waals surface area contributed by atoms with Crippen molar-refractivity contribution in [1.82, 2.24) is 0 Å². The lowest BCUT2D eigenvalue weighted by Gasteiger charge is -2.30. The lowest BCUT2D eigenvalue weighted by atomic mass is 10.0. The molecule has 2 rings (SSSR count). The van der Waals surface area contributed by atoms with Crippen LogP contribution < -0.4 is 9.62 Å². The van der Waals surface area contributed by atoms with E-state index in [1.54, 1.807) is 12.1 Å². The van der Waals surface area contributed by atoms with Gasteiger partial charge in [-0.3, -0.25) is 9.10 Å². The molecule has 0 fully saturated rings. The number of nitrogens with one attached hydrogen (secondary N) is 1. The minimum atomic E-state index is -3.64. The Hall–Kier alpha value is -2.34. The van der Waals surface area contributed by atoms with Crippen LogP contribution in [0.2, 0.25) is 0 Å². The summed E-state index contributed by atoms with van der Waals surface area (Å²) < 4.78 is 26.4. The topological polar surface area (TPSA) is 66.5 Å². The fourth-order valence-electron chi connectivity index (χ4n) is 3.36. The molecule has 0 aliphatic heterocycles. The predicted octanol–water partition coefficient (Wildman–Crippen LogP) is 4.30. The molecule has 28 heavy (non-hydrogen) atoms. The number of hydrogen-bond donors (Lipinski definition) is 1. The van der Waals surface area contributed by atoms with Gasteiger partial charge in [0.2, 0.25) is 15.9 Å². The Balaban J connectivity index is 2.44. The summed E-state index contributed by atoms with van der Waals surface area (Å²) in [5, 5.41) is 3.02. The zero-order valence-corrected chi connectivity index (χ0v) is 18.1. The van der Waals surface area contributed by atoms with Crippen LogP contribution in [0.3, 0.4) is 0 Å². The smallest absolute Gasteiger partial charge is 0.248 e. The highest BCUT2D eigenvalue weighted by Crippen LogP contribution is 2.26. The molecule has 0 radical (unpaired) electrons. The van der Waals surface area contributed by atoms with Crippen LogP contribution in [0, 0.1) is 6.92 Å². The molecule has 1 atom stereocenters. The van der Waals surface area contributed by atoms with Crippen LogP contribution >= 0.6 is 0 Å². The zero-order valence-electron chi connectivity index (χ0n) is 17.3. The predicted molar refractivity (Wildman–Crippen MR) is 116 cm³/mol. The van der Waals surface area contributed by atoms with Crippen molar-refractivity contribution in [3.8, 4) is 0 Å². The van der Waals surface area contributed by atoms with Gasteiger partial charge in [0.15, 0.2) is 0 Å². The van der Waals surface area contributed by atoms with Gasteiger partial charge in [-0.05, 0) is 49.4 Å². The molecule has 0 aromatic heterocycles. The Bertz CT molecular complexity index is 899. The van der Waals surface area contributed by atoms with Gasteiger partial charge in [-0.2, -0.15) is 0 Å². The summed E-state index contributed by atoms with van der Waals surface area (Å²) in [7, 11) is -3.64. The van der Waals surface area contributed by atoms with E-state index in [1.807, 2.05) is 58.0 Å². The van der Waals surface area contributed by atoms with E-state index in [2.05, 4.69) is 5.32 Å². The first kappa shape index (κ1) is 22.0. The first-order valence-electron chi connectivity index (χ1n) is 9.70. The van der Waals surface area contributed by atoms with Crippen LogP contribution in [-0.4, -0.2) is 26.6 Å². The molecule has 0 bridgehead atoms. The SMILES string of the molecule is CCc1cccc(CC)c1NC(=O)C(CC)N(c1ccc(C)cc1)S(C)(=O)=O. The van der Waals surface area contributed by atoms with E-state index in [4.69, 9.17) is 0 Å². The highest BCUT2D eigenvalue weighted by Gasteiger charge is 2.32. The number of benzene rings is 2. The Morgan fingerprint density at radius 1 is 1.00 bits per heavy atom. The molecule has 0 saturated carbocycles. The molecular formula is C22H30N2O3S. The van der Waals surface area contributed by atoms with E-state index >= 15 is 0 Å². The lowest BCUT2D eigenvalue weighted by molar-refractivity contribution is -0.117. The summed E-state index contributed by atoms with van der Waals surface area (Å²) >= 11 is 0. The first-order chi connectivity index (χ1) is 13.2. The molecule has 1 unspecified atom stereocenters. The molecule has 0 aliphatic carbocycles. The third-order valence-corrected chi connectivity index (χ3v) is 6.05. The number of amides is 1. The second kappa shape index (κ2) is 9.24. The number of carbonyl (C=O) groups excluding carboxylic acids is 1. The fourth-order valence-corrected chi connectivity index (χ4v) is 4.57. The summed E-state index contributed by atoms with van der Waals surface area (Å²) in [6.45, 7) is 7.84. The van der Waals surface area contributed by atoms with Crippen molar-refractivity contribution in [1.29, 1.82) is 0 Å². The standard InChI is InChI=1S/C22H30N2O3S/c1-6-17-10-9-11-18(7-2)21(17)23-22(25)20(8-3)24(28(5,26)27)19-14-12-16(4)13-15-19/h9-15,20H,6-8H2,1-5H3,(H,23,25). The maximum Gasteiger partial charge on any atom is 0.248 e. The van der Waals surface area contributed by atoms with E-state index < -0.39 is 16.1 Å². The minimum Gasteiger partial charge on any atom is -0.324 e. The Morgan fingerprint density at radius 2 is 1.54 bits per heavy atom. The summed E-state index contributed by atoms with van der Waals surface area (Å²) in [6, 6.07) is 12.3. The molecule has 1 amide bonds. The van der Waals surface area contributed by atoms with Gasteiger partial charge in [0.05, 0.1) is 11.9 Å². The molecule has 152 valence electrons. The van der Waals surface area contributed by atoms with Crippen molar-refractivity contribution in [3.63, 3.8) is 0 Å². The molecule has 0 heterocycles. The monoisotopic (exact) mass is 402 g/mol. The molecule has 2 aromatic carbocycles.